The van der Waals surface area contributed by atoms with Crippen molar-refractivity contribution in [2.45, 2.75) is 13.5 Å². The molecule has 2 aromatic rings. The Morgan fingerprint density at radius 3 is 2.81 bits per heavy atom. The van der Waals surface area contributed by atoms with E-state index >= 15 is 0 Å². The number of thiazole rings is 1. The van der Waals surface area contributed by atoms with Crippen molar-refractivity contribution in [2.75, 3.05) is 44.8 Å². The van der Waals surface area contributed by atoms with Gasteiger partial charge in [-0.25, -0.2) is 4.79 Å². The van der Waals surface area contributed by atoms with Crippen LogP contribution in [0.15, 0.2) is 53.5 Å². The number of carbonyl (C=O) groups is 2. The number of ether oxygens (including phenoxy) is 3. The molecule has 192 valence electrons. The van der Waals surface area contributed by atoms with E-state index in [4.69, 9.17) is 14.2 Å². The van der Waals surface area contributed by atoms with E-state index in [-0.39, 0.29) is 34.8 Å². The van der Waals surface area contributed by atoms with Gasteiger partial charge in [0.2, 0.25) is 0 Å². The van der Waals surface area contributed by atoms with Gasteiger partial charge in [-0.15, -0.1) is 0 Å². The van der Waals surface area contributed by atoms with Gasteiger partial charge in [-0.3, -0.25) is 14.2 Å². The summed E-state index contributed by atoms with van der Waals surface area (Å²) < 4.78 is 17.7. The first kappa shape index (κ1) is 27.3. The van der Waals surface area contributed by atoms with E-state index in [1.807, 2.05) is 0 Å². The van der Waals surface area contributed by atoms with E-state index in [0.717, 1.165) is 11.3 Å². The zero-order chi connectivity index (χ0) is 26.6. The third kappa shape index (κ3) is 7.58. The highest BCUT2D eigenvalue weighted by molar-refractivity contribution is 7.07. The normalized spacial score (nSPS) is 12.4. The molecule has 0 atom stereocenters. The molecule has 0 bridgehead atoms. The minimum Gasteiger partial charge on any atom is -0.484 e. The quantitative estimate of drug-likeness (QED) is 0.221. The van der Waals surface area contributed by atoms with Crippen LogP contribution in [0, 0.1) is 11.3 Å². The second-order valence-electron chi connectivity index (χ2n) is 7.53. The van der Waals surface area contributed by atoms with Gasteiger partial charge >= 0.3 is 5.97 Å². The van der Waals surface area contributed by atoms with Gasteiger partial charge in [-0.1, -0.05) is 41.5 Å². The monoisotopic (exact) mass is 522 g/mol. The molecule has 3 rings (SSSR count). The molecule has 1 saturated heterocycles. The third-order valence-corrected chi connectivity index (χ3v) is 6.09. The number of aromatic nitrogens is 1. The van der Waals surface area contributed by atoms with Crippen molar-refractivity contribution >= 4 is 40.4 Å². The Hall–Kier alpha value is -4.32. The lowest BCUT2D eigenvalue weighted by atomic mass is 10.3. The first-order chi connectivity index (χ1) is 18.0. The number of nitriles is 1. The lowest BCUT2D eigenvalue weighted by Crippen LogP contribution is -2.42. The Bertz CT molecular complexity index is 1450. The summed E-state index contributed by atoms with van der Waals surface area (Å²) in [5, 5.41) is 12.3. The molecule has 11 heteroatoms. The van der Waals surface area contributed by atoms with E-state index in [9.17, 15) is 19.6 Å². The van der Waals surface area contributed by atoms with E-state index in [2.05, 4.69) is 23.4 Å². The highest BCUT2D eigenvalue weighted by Gasteiger charge is 2.17. The summed E-state index contributed by atoms with van der Waals surface area (Å²) in [7, 11) is 0. The summed E-state index contributed by atoms with van der Waals surface area (Å²) in [6.45, 7) is 7.59. The van der Waals surface area contributed by atoms with Gasteiger partial charge in [0.15, 0.2) is 12.2 Å². The first-order valence-corrected chi connectivity index (χ1v) is 12.3. The number of anilines is 1. The van der Waals surface area contributed by atoms with Crippen molar-refractivity contribution in [2.24, 2.45) is 0 Å². The van der Waals surface area contributed by atoms with Crippen LogP contribution in [0.2, 0.25) is 0 Å². The Kier molecular flexibility index (Phi) is 10.1. The second-order valence-corrected chi connectivity index (χ2v) is 8.53. The maximum absolute atomic E-state index is 12.7. The van der Waals surface area contributed by atoms with Crippen LogP contribution in [0.4, 0.5) is 5.69 Å². The molecule has 0 radical (unpaired) electrons. The summed E-state index contributed by atoms with van der Waals surface area (Å²) in [5.41, 5.74) is 5.57. The van der Waals surface area contributed by atoms with Crippen molar-refractivity contribution in [3.63, 3.8) is 0 Å². The van der Waals surface area contributed by atoms with Crippen molar-refractivity contribution in [1.82, 2.24) is 9.47 Å². The molecule has 0 unspecified atom stereocenters. The number of hydrogen-bond acceptors (Lipinski definition) is 9. The number of morpholine rings is 1. The van der Waals surface area contributed by atoms with Crippen LogP contribution < -0.4 is 24.8 Å². The molecule has 1 amide bonds. The zero-order valence-corrected chi connectivity index (χ0v) is 21.1. The van der Waals surface area contributed by atoms with Gasteiger partial charge in [0, 0.05) is 37.6 Å². The minimum absolute atomic E-state index is 0.0411. The smallest absolute Gasteiger partial charge is 0.357 e. The predicted molar refractivity (Wildman–Crippen MR) is 138 cm³/mol. The van der Waals surface area contributed by atoms with E-state index in [1.54, 1.807) is 42.2 Å². The summed E-state index contributed by atoms with van der Waals surface area (Å²) in [5.74, 6) is -0.434. The number of hydrogen-bond donors (Lipinski definition) is 1. The molecule has 1 aromatic carbocycles. The summed E-state index contributed by atoms with van der Waals surface area (Å²) >= 11 is 1.04. The maximum Gasteiger partial charge on any atom is 0.357 e. The topological polar surface area (TPSA) is 123 Å². The van der Waals surface area contributed by atoms with Crippen LogP contribution in [0.3, 0.4) is 0 Å². The third-order valence-electron chi connectivity index (χ3n) is 5.08. The number of amides is 1. The molecular formula is C26H26N4O6S. The Balaban J connectivity index is 1.79. The van der Waals surface area contributed by atoms with Crippen molar-refractivity contribution in [3.05, 3.63) is 68.2 Å². The van der Waals surface area contributed by atoms with Crippen LogP contribution in [0.5, 0.6) is 5.75 Å². The lowest BCUT2D eigenvalue weighted by Gasteiger charge is -2.26. The summed E-state index contributed by atoms with van der Waals surface area (Å²) in [6, 6.07) is 8.78. The van der Waals surface area contributed by atoms with Crippen molar-refractivity contribution in [1.29, 1.82) is 5.26 Å². The highest BCUT2D eigenvalue weighted by Crippen LogP contribution is 2.17. The average molecular weight is 523 g/mol. The number of esters is 1. The molecule has 1 fully saturated rings. The maximum atomic E-state index is 12.7. The second kappa shape index (κ2) is 13.7. The SMILES string of the molecule is C=CCOC(=O)C(=C=c1sc(=C=CNc2cccc(OCC(=O)N3CCOCC3)c2)c(=O)n1CC)C#N. The van der Waals surface area contributed by atoms with Gasteiger partial charge in [-0.05, 0) is 19.1 Å². The fraction of sp³-hybridized carbons (Fsp3) is 0.308. The van der Waals surface area contributed by atoms with E-state index in [0.29, 0.717) is 48.9 Å². The Morgan fingerprint density at radius 1 is 1.32 bits per heavy atom. The zero-order valence-electron chi connectivity index (χ0n) is 20.3. The van der Waals surface area contributed by atoms with Crippen LogP contribution in [-0.4, -0.2) is 60.9 Å². The molecule has 2 heterocycles. The molecule has 1 N–H and O–H groups in total. The molecule has 0 spiro atoms. The molecule has 1 aliphatic rings. The first-order valence-electron chi connectivity index (χ1n) is 11.5. The summed E-state index contributed by atoms with van der Waals surface area (Å²) in [4.78, 5) is 38.7. The van der Waals surface area contributed by atoms with Gasteiger partial charge in [0.25, 0.3) is 11.5 Å². The summed E-state index contributed by atoms with van der Waals surface area (Å²) in [6.07, 6.45) is 2.86. The van der Waals surface area contributed by atoms with Crippen molar-refractivity contribution < 1.29 is 23.8 Å². The molecule has 0 aliphatic carbocycles. The molecule has 37 heavy (non-hydrogen) atoms. The van der Waals surface area contributed by atoms with Crippen molar-refractivity contribution in [3.8, 4) is 11.8 Å². The molecule has 1 aliphatic heterocycles. The fourth-order valence-corrected chi connectivity index (χ4v) is 4.21. The minimum atomic E-state index is -0.845. The van der Waals surface area contributed by atoms with Gasteiger partial charge in [0.1, 0.15) is 27.6 Å². The van der Waals surface area contributed by atoms with Gasteiger partial charge in [-0.2, -0.15) is 5.26 Å². The average Bonchev–Trinajstić information content (AvgIpc) is 3.23. The largest absolute Gasteiger partial charge is 0.484 e. The molecule has 0 saturated carbocycles. The molecular weight excluding hydrogens is 496 g/mol. The van der Waals surface area contributed by atoms with Crippen LogP contribution in [0.25, 0.3) is 11.5 Å². The van der Waals surface area contributed by atoms with Crippen LogP contribution in [0.1, 0.15) is 6.92 Å². The number of nitrogens with one attached hydrogen (secondary N) is 1. The van der Waals surface area contributed by atoms with Gasteiger partial charge < -0.3 is 24.4 Å². The molecule has 1 aromatic heterocycles. The number of carbonyl (C=O) groups excluding carboxylic acids is 2. The standard InChI is InChI=1S/C26H26N4O6S/c1-3-12-35-26(33)19(17-27)15-24-30(4-2)25(32)22(37-24)8-9-28-20-6-5-7-21(16-20)36-18-23(31)29-10-13-34-14-11-29/h3,5-7,9,16,28H,1,4,10-14,18H2,2H3. The Labute approximate surface area is 217 Å². The number of rotatable bonds is 9. The van der Waals surface area contributed by atoms with Gasteiger partial charge in [0.05, 0.1) is 13.2 Å². The number of benzene rings is 1. The lowest BCUT2D eigenvalue weighted by molar-refractivity contribution is -0.138. The fourth-order valence-electron chi connectivity index (χ4n) is 3.23. The van der Waals surface area contributed by atoms with E-state index < -0.39 is 5.97 Å². The Morgan fingerprint density at radius 2 is 2.11 bits per heavy atom. The number of nitrogens with zero attached hydrogens (tertiary/aromatic N) is 3. The van der Waals surface area contributed by atoms with Crippen LogP contribution >= 0.6 is 11.3 Å². The highest BCUT2D eigenvalue weighted by atomic mass is 32.1. The molecule has 10 nitrogen and oxygen atoms in total. The predicted octanol–water partition coefficient (Wildman–Crippen LogP) is 0.731. The van der Waals surface area contributed by atoms with E-state index in [1.165, 1.54) is 16.8 Å². The van der Waals surface area contributed by atoms with Crippen LogP contribution in [-0.2, 0) is 25.6 Å².